The zero-order chi connectivity index (χ0) is 11.1. The molecule has 15 heavy (non-hydrogen) atoms. The molecule has 0 radical (unpaired) electrons. The van der Waals surface area contributed by atoms with E-state index in [-0.39, 0.29) is 12.4 Å². The maximum Gasteiger partial charge on any atom is 0.152 e. The van der Waals surface area contributed by atoms with Gasteiger partial charge in [-0.05, 0) is 30.7 Å². The summed E-state index contributed by atoms with van der Waals surface area (Å²) in [4.78, 5) is 10.7. The van der Waals surface area contributed by atoms with Crippen molar-refractivity contribution in [1.82, 2.24) is 0 Å². The summed E-state index contributed by atoms with van der Waals surface area (Å²) in [6.07, 6.45) is 3.27. The highest BCUT2D eigenvalue weighted by atomic mass is 16.5. The normalized spacial score (nSPS) is 10.5. The van der Waals surface area contributed by atoms with E-state index < -0.39 is 0 Å². The molecule has 1 aromatic carbocycles. The van der Waals surface area contributed by atoms with E-state index in [9.17, 15) is 4.79 Å². The van der Waals surface area contributed by atoms with Crippen LogP contribution in [0.4, 0.5) is 0 Å². The Bertz CT molecular complexity index is 338. The van der Waals surface area contributed by atoms with Crippen LogP contribution in [0.25, 0.3) is 6.08 Å². The highest BCUT2D eigenvalue weighted by Crippen LogP contribution is 2.12. The summed E-state index contributed by atoms with van der Waals surface area (Å²) in [5.74, 6) is 0.736. The van der Waals surface area contributed by atoms with E-state index in [0.717, 1.165) is 5.56 Å². The van der Waals surface area contributed by atoms with Crippen molar-refractivity contribution in [2.75, 3.05) is 13.2 Å². The van der Waals surface area contributed by atoms with Gasteiger partial charge in [-0.25, -0.2) is 0 Å². The first-order valence-corrected chi connectivity index (χ1v) is 4.75. The molecule has 0 aliphatic heterocycles. The predicted octanol–water partition coefficient (Wildman–Crippen LogP) is 1.66. The van der Waals surface area contributed by atoms with Gasteiger partial charge in [-0.2, -0.15) is 0 Å². The Hall–Kier alpha value is -1.61. The molecule has 0 bridgehead atoms. The smallest absolute Gasteiger partial charge is 0.152 e. The maximum atomic E-state index is 10.7. The van der Waals surface area contributed by atoms with Gasteiger partial charge in [0, 0.05) is 0 Å². The van der Waals surface area contributed by atoms with Gasteiger partial charge in [0.25, 0.3) is 0 Å². The Kier molecular flexibility index (Phi) is 4.57. The van der Waals surface area contributed by atoms with Crippen molar-refractivity contribution >= 4 is 11.9 Å². The second-order valence-corrected chi connectivity index (χ2v) is 3.09. The van der Waals surface area contributed by atoms with Gasteiger partial charge >= 0.3 is 0 Å². The molecule has 3 heteroatoms. The molecule has 1 N–H and O–H groups in total. The lowest BCUT2D eigenvalue weighted by Crippen LogP contribution is -2.01. The highest BCUT2D eigenvalue weighted by molar-refractivity contribution is 5.91. The molecule has 1 rings (SSSR count). The molecule has 0 aliphatic carbocycles. The van der Waals surface area contributed by atoms with E-state index in [0.29, 0.717) is 12.4 Å². The fourth-order valence-electron chi connectivity index (χ4n) is 1.05. The van der Waals surface area contributed by atoms with Crippen molar-refractivity contribution in [2.24, 2.45) is 0 Å². The third-order valence-electron chi connectivity index (χ3n) is 1.75. The number of hydrogen-bond acceptors (Lipinski definition) is 3. The maximum absolute atomic E-state index is 10.7. The largest absolute Gasteiger partial charge is 0.491 e. The Morgan fingerprint density at radius 1 is 1.40 bits per heavy atom. The van der Waals surface area contributed by atoms with Crippen molar-refractivity contribution < 1.29 is 14.6 Å². The summed E-state index contributed by atoms with van der Waals surface area (Å²) >= 11 is 0. The van der Waals surface area contributed by atoms with Gasteiger partial charge in [-0.15, -0.1) is 0 Å². The number of ketones is 1. The molecule has 0 saturated carbocycles. The average Bonchev–Trinajstić information content (AvgIpc) is 2.25. The van der Waals surface area contributed by atoms with Crippen LogP contribution in [0.15, 0.2) is 30.3 Å². The third kappa shape index (κ3) is 4.42. The summed E-state index contributed by atoms with van der Waals surface area (Å²) in [5, 5.41) is 8.55. The van der Waals surface area contributed by atoms with Crippen LogP contribution in [0, 0.1) is 0 Å². The van der Waals surface area contributed by atoms with Crippen molar-refractivity contribution in [1.29, 1.82) is 0 Å². The quantitative estimate of drug-likeness (QED) is 0.745. The number of ether oxygens (including phenoxy) is 1. The standard InChI is InChI=1S/C12H14O3/c1-10(14)2-3-11-4-6-12(7-5-11)15-9-8-13/h2-7,13H,8-9H2,1H3/b3-2+. The summed E-state index contributed by atoms with van der Waals surface area (Å²) in [7, 11) is 0. The van der Waals surface area contributed by atoms with Gasteiger partial charge in [0.1, 0.15) is 12.4 Å². The second kappa shape index (κ2) is 5.98. The predicted molar refractivity (Wildman–Crippen MR) is 58.7 cm³/mol. The minimum atomic E-state index is 0.00594. The molecule has 0 fully saturated rings. The molecule has 0 amide bonds. The molecular weight excluding hydrogens is 192 g/mol. The van der Waals surface area contributed by atoms with E-state index in [1.807, 2.05) is 12.1 Å². The first-order valence-electron chi connectivity index (χ1n) is 4.75. The van der Waals surface area contributed by atoms with Gasteiger partial charge < -0.3 is 9.84 Å². The number of hydrogen-bond donors (Lipinski definition) is 1. The fourth-order valence-corrected chi connectivity index (χ4v) is 1.05. The van der Waals surface area contributed by atoms with Crippen molar-refractivity contribution in [2.45, 2.75) is 6.92 Å². The van der Waals surface area contributed by atoms with Crippen LogP contribution in [0.3, 0.4) is 0 Å². The highest BCUT2D eigenvalue weighted by Gasteiger charge is 1.92. The van der Waals surface area contributed by atoms with Crippen LogP contribution < -0.4 is 4.74 Å². The van der Waals surface area contributed by atoms with Crippen LogP contribution in [-0.4, -0.2) is 24.1 Å². The number of benzene rings is 1. The zero-order valence-corrected chi connectivity index (χ0v) is 8.64. The Balaban J connectivity index is 2.60. The van der Waals surface area contributed by atoms with Crippen molar-refractivity contribution in [3.8, 4) is 5.75 Å². The van der Waals surface area contributed by atoms with Gasteiger partial charge in [0.05, 0.1) is 6.61 Å². The Morgan fingerprint density at radius 3 is 2.60 bits per heavy atom. The van der Waals surface area contributed by atoms with Crippen molar-refractivity contribution in [3.63, 3.8) is 0 Å². The van der Waals surface area contributed by atoms with E-state index in [1.54, 1.807) is 18.2 Å². The molecule has 0 atom stereocenters. The number of carbonyl (C=O) groups is 1. The topological polar surface area (TPSA) is 46.5 Å². The SMILES string of the molecule is CC(=O)/C=C/c1ccc(OCCO)cc1. The van der Waals surface area contributed by atoms with E-state index >= 15 is 0 Å². The van der Waals surface area contributed by atoms with Crippen LogP contribution >= 0.6 is 0 Å². The monoisotopic (exact) mass is 206 g/mol. The number of aliphatic hydroxyl groups excluding tert-OH is 1. The van der Waals surface area contributed by atoms with Gasteiger partial charge in [-0.1, -0.05) is 18.2 Å². The number of rotatable bonds is 5. The van der Waals surface area contributed by atoms with Crippen LogP contribution in [0.2, 0.25) is 0 Å². The van der Waals surface area contributed by atoms with E-state index in [2.05, 4.69) is 0 Å². The number of allylic oxidation sites excluding steroid dienone is 1. The minimum Gasteiger partial charge on any atom is -0.491 e. The molecule has 0 aliphatic rings. The lowest BCUT2D eigenvalue weighted by atomic mass is 10.2. The summed E-state index contributed by atoms with van der Waals surface area (Å²) in [6, 6.07) is 7.31. The Labute approximate surface area is 89.0 Å². The second-order valence-electron chi connectivity index (χ2n) is 3.09. The Morgan fingerprint density at radius 2 is 2.07 bits per heavy atom. The molecular formula is C12H14O3. The van der Waals surface area contributed by atoms with Gasteiger partial charge in [0.2, 0.25) is 0 Å². The lowest BCUT2D eigenvalue weighted by Gasteiger charge is -2.03. The molecule has 0 saturated heterocycles. The first-order chi connectivity index (χ1) is 7.22. The molecule has 3 nitrogen and oxygen atoms in total. The molecule has 0 heterocycles. The third-order valence-corrected chi connectivity index (χ3v) is 1.75. The van der Waals surface area contributed by atoms with Gasteiger partial charge in [0.15, 0.2) is 5.78 Å². The molecule has 0 spiro atoms. The van der Waals surface area contributed by atoms with E-state index in [1.165, 1.54) is 13.0 Å². The summed E-state index contributed by atoms with van der Waals surface area (Å²) < 4.78 is 5.19. The molecule has 0 unspecified atom stereocenters. The summed E-state index contributed by atoms with van der Waals surface area (Å²) in [5.41, 5.74) is 0.946. The minimum absolute atomic E-state index is 0.00594. The number of aliphatic hydroxyl groups is 1. The van der Waals surface area contributed by atoms with Crippen LogP contribution in [0.5, 0.6) is 5.75 Å². The molecule has 0 aromatic heterocycles. The first kappa shape index (κ1) is 11.5. The molecule has 80 valence electrons. The van der Waals surface area contributed by atoms with Gasteiger partial charge in [-0.3, -0.25) is 4.79 Å². The molecule has 1 aromatic rings. The fraction of sp³-hybridized carbons (Fsp3) is 0.250. The zero-order valence-electron chi connectivity index (χ0n) is 8.64. The van der Waals surface area contributed by atoms with Crippen LogP contribution in [0.1, 0.15) is 12.5 Å². The average molecular weight is 206 g/mol. The lowest BCUT2D eigenvalue weighted by molar-refractivity contribution is -0.112. The van der Waals surface area contributed by atoms with Crippen molar-refractivity contribution in [3.05, 3.63) is 35.9 Å². The van der Waals surface area contributed by atoms with E-state index in [4.69, 9.17) is 9.84 Å². The van der Waals surface area contributed by atoms with Crippen LogP contribution in [-0.2, 0) is 4.79 Å². The number of carbonyl (C=O) groups excluding carboxylic acids is 1. The summed E-state index contributed by atoms with van der Waals surface area (Å²) in [6.45, 7) is 1.81.